The quantitative estimate of drug-likeness (QED) is 0.611. The van der Waals surface area contributed by atoms with Gasteiger partial charge >= 0.3 is 5.97 Å². The summed E-state index contributed by atoms with van der Waals surface area (Å²) in [5.41, 5.74) is 1.18. The lowest BCUT2D eigenvalue weighted by molar-refractivity contribution is 0.0697. The minimum Gasteiger partial charge on any atom is -0.478 e. The summed E-state index contributed by atoms with van der Waals surface area (Å²) in [6.45, 7) is 0. The molecule has 0 aliphatic carbocycles. The second kappa shape index (κ2) is 5.99. The van der Waals surface area contributed by atoms with Gasteiger partial charge in [0.2, 0.25) is 0 Å². The zero-order valence-electron chi connectivity index (χ0n) is 12.9. The van der Waals surface area contributed by atoms with Crippen LogP contribution >= 0.6 is 11.3 Å². The Labute approximate surface area is 146 Å². The van der Waals surface area contributed by atoms with E-state index in [1.54, 1.807) is 29.5 Å². The van der Waals surface area contributed by atoms with Crippen LogP contribution in [0.15, 0.2) is 70.8 Å². The largest absolute Gasteiger partial charge is 0.478 e. The maximum atomic E-state index is 12.9. The number of carboxylic acids is 1. The van der Waals surface area contributed by atoms with E-state index in [-0.39, 0.29) is 11.1 Å². The molecular formula is C19H12N2O3S. The number of aromatic nitrogens is 2. The maximum absolute atomic E-state index is 12.9. The Bertz CT molecular complexity index is 1130. The van der Waals surface area contributed by atoms with Gasteiger partial charge in [0.05, 0.1) is 21.5 Å². The molecule has 25 heavy (non-hydrogen) atoms. The highest BCUT2D eigenvalue weighted by molar-refractivity contribution is 7.13. The van der Waals surface area contributed by atoms with Gasteiger partial charge < -0.3 is 5.11 Å². The monoisotopic (exact) mass is 348 g/mol. The molecule has 2 heterocycles. The van der Waals surface area contributed by atoms with Crippen LogP contribution in [0.4, 0.5) is 0 Å². The smallest absolute Gasteiger partial charge is 0.335 e. The number of benzene rings is 2. The minimum absolute atomic E-state index is 0.163. The van der Waals surface area contributed by atoms with Crippen molar-refractivity contribution >= 4 is 28.1 Å². The standard InChI is InChI=1S/C19H12N2O3S/c22-18-15-5-2-1-4-14(15)17(16-6-3-11-25-16)20-21(18)13-9-7-12(8-10-13)19(23)24/h1-11H,(H,23,24). The highest BCUT2D eigenvalue weighted by Gasteiger charge is 2.14. The molecule has 4 rings (SSSR count). The first-order valence-corrected chi connectivity index (χ1v) is 8.43. The fraction of sp³-hybridized carbons (Fsp3) is 0. The van der Waals surface area contributed by atoms with Crippen molar-refractivity contribution in [3.05, 3.63) is 82.0 Å². The highest BCUT2D eigenvalue weighted by atomic mass is 32.1. The molecular weight excluding hydrogens is 336 g/mol. The van der Waals surface area contributed by atoms with Gasteiger partial charge in [-0.1, -0.05) is 24.3 Å². The first kappa shape index (κ1) is 15.3. The van der Waals surface area contributed by atoms with E-state index in [0.717, 1.165) is 16.0 Å². The van der Waals surface area contributed by atoms with Gasteiger partial charge in [0.1, 0.15) is 5.69 Å². The van der Waals surface area contributed by atoms with Crippen LogP contribution in [0.3, 0.4) is 0 Å². The molecule has 0 fully saturated rings. The molecule has 0 spiro atoms. The third kappa shape index (κ3) is 2.62. The molecule has 0 bridgehead atoms. The number of thiophene rings is 1. The second-order valence-corrected chi connectivity index (χ2v) is 6.39. The Morgan fingerprint density at radius 2 is 1.68 bits per heavy atom. The normalized spacial score (nSPS) is 10.9. The van der Waals surface area contributed by atoms with E-state index >= 15 is 0 Å². The lowest BCUT2D eigenvalue weighted by Gasteiger charge is -2.10. The van der Waals surface area contributed by atoms with Crippen molar-refractivity contribution in [3.8, 4) is 16.3 Å². The Kier molecular flexibility index (Phi) is 3.66. The van der Waals surface area contributed by atoms with Crippen LogP contribution in [-0.2, 0) is 0 Å². The van der Waals surface area contributed by atoms with Gasteiger partial charge in [-0.15, -0.1) is 11.3 Å². The third-order valence-corrected chi connectivity index (χ3v) is 4.79. The van der Waals surface area contributed by atoms with Crippen LogP contribution in [0.1, 0.15) is 10.4 Å². The minimum atomic E-state index is -1.01. The van der Waals surface area contributed by atoms with Crippen molar-refractivity contribution in [2.24, 2.45) is 0 Å². The number of carboxylic acid groups (broad SMARTS) is 1. The lowest BCUT2D eigenvalue weighted by Crippen LogP contribution is -2.22. The van der Waals surface area contributed by atoms with Crippen LogP contribution in [0.2, 0.25) is 0 Å². The molecule has 1 N–H and O–H groups in total. The van der Waals surface area contributed by atoms with Crippen molar-refractivity contribution in [3.63, 3.8) is 0 Å². The summed E-state index contributed by atoms with van der Waals surface area (Å²) >= 11 is 1.55. The summed E-state index contributed by atoms with van der Waals surface area (Å²) in [7, 11) is 0. The molecule has 122 valence electrons. The summed E-state index contributed by atoms with van der Waals surface area (Å²) in [5.74, 6) is -1.01. The van der Waals surface area contributed by atoms with E-state index in [9.17, 15) is 9.59 Å². The molecule has 0 saturated carbocycles. The molecule has 0 atom stereocenters. The summed E-state index contributed by atoms with van der Waals surface area (Å²) in [6.07, 6.45) is 0. The number of nitrogens with zero attached hydrogens (tertiary/aromatic N) is 2. The van der Waals surface area contributed by atoms with Crippen molar-refractivity contribution in [2.75, 3.05) is 0 Å². The van der Waals surface area contributed by atoms with Crippen LogP contribution in [0, 0.1) is 0 Å². The summed E-state index contributed by atoms with van der Waals surface area (Å²) in [6, 6.07) is 17.4. The molecule has 2 aromatic heterocycles. The maximum Gasteiger partial charge on any atom is 0.335 e. The van der Waals surface area contributed by atoms with Crippen molar-refractivity contribution < 1.29 is 9.90 Å². The molecule has 0 amide bonds. The Hall–Kier alpha value is -3.25. The number of hydrogen-bond acceptors (Lipinski definition) is 4. The number of carbonyl (C=O) groups is 1. The molecule has 0 aliphatic rings. The second-order valence-electron chi connectivity index (χ2n) is 5.44. The topological polar surface area (TPSA) is 72.2 Å². The molecule has 2 aromatic carbocycles. The number of fused-ring (bicyclic) bond motifs is 1. The Balaban J connectivity index is 2.00. The SMILES string of the molecule is O=C(O)c1ccc(-n2nc(-c3cccs3)c3ccccc3c2=O)cc1. The van der Waals surface area contributed by atoms with Gasteiger partial charge in [-0.3, -0.25) is 4.79 Å². The van der Waals surface area contributed by atoms with Gasteiger partial charge in [0.15, 0.2) is 0 Å². The number of aromatic carboxylic acids is 1. The third-order valence-electron chi connectivity index (χ3n) is 3.92. The van der Waals surface area contributed by atoms with E-state index < -0.39 is 5.97 Å². The molecule has 4 aromatic rings. The van der Waals surface area contributed by atoms with Gasteiger partial charge in [0.25, 0.3) is 5.56 Å². The van der Waals surface area contributed by atoms with E-state index in [4.69, 9.17) is 5.11 Å². The van der Waals surface area contributed by atoms with Gasteiger partial charge in [0, 0.05) is 5.39 Å². The van der Waals surface area contributed by atoms with E-state index in [0.29, 0.717) is 11.1 Å². The van der Waals surface area contributed by atoms with Crippen molar-refractivity contribution in [1.82, 2.24) is 9.78 Å². The Morgan fingerprint density at radius 3 is 2.32 bits per heavy atom. The fourth-order valence-corrected chi connectivity index (χ4v) is 3.43. The zero-order chi connectivity index (χ0) is 17.4. The molecule has 5 nitrogen and oxygen atoms in total. The van der Waals surface area contributed by atoms with Crippen LogP contribution < -0.4 is 5.56 Å². The van der Waals surface area contributed by atoms with Crippen LogP contribution in [0.25, 0.3) is 27.0 Å². The molecule has 0 radical (unpaired) electrons. The van der Waals surface area contributed by atoms with Crippen molar-refractivity contribution in [2.45, 2.75) is 0 Å². The lowest BCUT2D eigenvalue weighted by atomic mass is 10.1. The van der Waals surface area contributed by atoms with Crippen LogP contribution in [0.5, 0.6) is 0 Å². The predicted octanol–water partition coefficient (Wildman–Crippen LogP) is 3.81. The summed E-state index contributed by atoms with van der Waals surface area (Å²) in [4.78, 5) is 24.8. The number of rotatable bonds is 3. The van der Waals surface area contributed by atoms with Gasteiger partial charge in [-0.05, 0) is 41.8 Å². The Morgan fingerprint density at radius 1 is 0.960 bits per heavy atom. The first-order chi connectivity index (χ1) is 12.1. The average molecular weight is 348 g/mol. The molecule has 0 aliphatic heterocycles. The highest BCUT2D eigenvalue weighted by Crippen LogP contribution is 2.28. The first-order valence-electron chi connectivity index (χ1n) is 7.55. The molecule has 0 unspecified atom stereocenters. The zero-order valence-corrected chi connectivity index (χ0v) is 13.7. The summed E-state index contributed by atoms with van der Waals surface area (Å²) in [5, 5.41) is 16.9. The van der Waals surface area contributed by atoms with Gasteiger partial charge in [-0.25, -0.2) is 4.79 Å². The van der Waals surface area contributed by atoms with E-state index in [1.807, 2.05) is 35.7 Å². The number of hydrogen-bond donors (Lipinski definition) is 1. The average Bonchev–Trinajstić information content (AvgIpc) is 3.17. The van der Waals surface area contributed by atoms with E-state index in [1.165, 1.54) is 16.8 Å². The predicted molar refractivity (Wildman–Crippen MR) is 97.6 cm³/mol. The van der Waals surface area contributed by atoms with Gasteiger partial charge in [-0.2, -0.15) is 9.78 Å². The fourth-order valence-electron chi connectivity index (χ4n) is 2.70. The molecule has 0 saturated heterocycles. The van der Waals surface area contributed by atoms with Crippen LogP contribution in [-0.4, -0.2) is 20.9 Å². The molecule has 6 heteroatoms. The summed E-state index contributed by atoms with van der Waals surface area (Å²) < 4.78 is 1.32. The van der Waals surface area contributed by atoms with Crippen molar-refractivity contribution in [1.29, 1.82) is 0 Å². The van der Waals surface area contributed by atoms with E-state index in [2.05, 4.69) is 5.10 Å².